The first-order valence-corrected chi connectivity index (χ1v) is 9.12. The molecule has 0 aromatic heterocycles. The molecule has 5 nitrogen and oxygen atoms in total. The van der Waals surface area contributed by atoms with Crippen molar-refractivity contribution in [3.05, 3.63) is 28.8 Å². The Balaban J connectivity index is 2.31. The molecular weight excluding hydrogens is 383 g/mol. The third kappa shape index (κ3) is 5.76. The van der Waals surface area contributed by atoms with Gasteiger partial charge in [-0.15, -0.1) is 5.10 Å². The minimum atomic E-state index is -4.51. The predicted molar refractivity (Wildman–Crippen MR) is 98.7 cm³/mol. The fraction of sp³-hybridized carbons (Fsp3) is 0.556. The van der Waals surface area contributed by atoms with Gasteiger partial charge in [0.05, 0.1) is 22.9 Å². The molecule has 1 N–H and O–H groups in total. The minimum Gasteiger partial charge on any atom is -0.460 e. The van der Waals surface area contributed by atoms with E-state index in [0.717, 1.165) is 24.6 Å². The Hall–Kier alpha value is -1.96. The van der Waals surface area contributed by atoms with Crippen LogP contribution < -0.4 is 5.43 Å². The van der Waals surface area contributed by atoms with Crippen molar-refractivity contribution < 1.29 is 22.7 Å². The summed E-state index contributed by atoms with van der Waals surface area (Å²) in [6, 6.07) is 2.88. The van der Waals surface area contributed by atoms with Crippen molar-refractivity contribution in [2.75, 3.05) is 25.1 Å². The molecule has 2 rings (SSSR count). The Labute approximate surface area is 161 Å². The van der Waals surface area contributed by atoms with Gasteiger partial charge in [-0.2, -0.15) is 13.2 Å². The van der Waals surface area contributed by atoms with E-state index in [0.29, 0.717) is 24.9 Å². The van der Waals surface area contributed by atoms with Crippen molar-refractivity contribution in [2.45, 2.75) is 33.4 Å². The topological polar surface area (TPSA) is 53.9 Å². The number of alkyl halides is 3. The van der Waals surface area contributed by atoms with Crippen LogP contribution in [0.1, 0.15) is 32.8 Å². The first kappa shape index (κ1) is 21.3. The highest BCUT2D eigenvalue weighted by Crippen LogP contribution is 2.34. The second-order valence-electron chi connectivity index (χ2n) is 6.81. The molecule has 0 bridgehead atoms. The molecule has 1 saturated heterocycles. The number of carbonyl (C=O) groups excluding carboxylic acids is 1. The number of rotatable bonds is 3. The smallest absolute Gasteiger partial charge is 0.416 e. The van der Waals surface area contributed by atoms with Gasteiger partial charge in [0, 0.05) is 13.1 Å². The number of anilines is 1. The first-order chi connectivity index (χ1) is 12.6. The van der Waals surface area contributed by atoms with Gasteiger partial charge in [-0.25, -0.2) is 4.79 Å². The third-order valence-corrected chi connectivity index (χ3v) is 4.53. The molecule has 1 aliphatic rings. The zero-order valence-corrected chi connectivity index (χ0v) is 16.2. The molecule has 1 aromatic rings. The SMILES string of the molecule is CCOC(=O)/C(=N/Nc1cc(C(F)(F)F)ccc1Cl)N1C[C@H](C)C[C@@H](C)C1. The summed E-state index contributed by atoms with van der Waals surface area (Å²) in [6.45, 7) is 7.21. The monoisotopic (exact) mass is 405 g/mol. The number of benzene rings is 1. The summed E-state index contributed by atoms with van der Waals surface area (Å²) < 4.78 is 43.8. The summed E-state index contributed by atoms with van der Waals surface area (Å²) in [7, 11) is 0. The molecule has 1 aliphatic heterocycles. The van der Waals surface area contributed by atoms with Crippen LogP contribution in [0.2, 0.25) is 5.02 Å². The van der Waals surface area contributed by atoms with Gasteiger partial charge >= 0.3 is 12.1 Å². The van der Waals surface area contributed by atoms with E-state index in [-0.39, 0.29) is 23.2 Å². The van der Waals surface area contributed by atoms with Crippen LogP contribution in [0.4, 0.5) is 18.9 Å². The van der Waals surface area contributed by atoms with Crippen LogP contribution in [0.25, 0.3) is 0 Å². The van der Waals surface area contributed by atoms with E-state index in [1.54, 1.807) is 11.8 Å². The Kier molecular flexibility index (Phi) is 6.97. The van der Waals surface area contributed by atoms with Gasteiger partial charge in [0.15, 0.2) is 0 Å². The molecule has 0 radical (unpaired) electrons. The molecule has 0 unspecified atom stereocenters. The maximum atomic E-state index is 12.9. The highest BCUT2D eigenvalue weighted by atomic mass is 35.5. The van der Waals surface area contributed by atoms with Gasteiger partial charge < -0.3 is 9.64 Å². The van der Waals surface area contributed by atoms with Crippen LogP contribution in [0.3, 0.4) is 0 Å². The molecule has 9 heteroatoms. The zero-order chi connectivity index (χ0) is 20.2. The summed E-state index contributed by atoms with van der Waals surface area (Å²) in [5.41, 5.74) is 1.61. The van der Waals surface area contributed by atoms with E-state index in [4.69, 9.17) is 16.3 Å². The lowest BCUT2D eigenvalue weighted by Gasteiger charge is -2.36. The van der Waals surface area contributed by atoms with Crippen LogP contribution in [-0.2, 0) is 15.7 Å². The maximum Gasteiger partial charge on any atom is 0.416 e. The number of halogens is 4. The van der Waals surface area contributed by atoms with E-state index >= 15 is 0 Å². The number of esters is 1. The number of ether oxygens (including phenoxy) is 1. The Bertz CT molecular complexity index is 700. The Morgan fingerprint density at radius 3 is 2.52 bits per heavy atom. The van der Waals surface area contributed by atoms with Gasteiger partial charge in [-0.05, 0) is 43.4 Å². The molecule has 0 saturated carbocycles. The third-order valence-electron chi connectivity index (χ3n) is 4.20. The summed E-state index contributed by atoms with van der Waals surface area (Å²) in [6.07, 6.45) is -3.48. The summed E-state index contributed by atoms with van der Waals surface area (Å²) in [4.78, 5) is 14.1. The lowest BCUT2D eigenvalue weighted by Crippen LogP contribution is -2.46. The number of nitrogens with one attached hydrogen (secondary N) is 1. The Morgan fingerprint density at radius 2 is 1.96 bits per heavy atom. The number of nitrogens with zero attached hydrogens (tertiary/aromatic N) is 2. The number of hydrogen-bond acceptors (Lipinski definition) is 4. The van der Waals surface area contributed by atoms with Crippen LogP contribution in [0, 0.1) is 11.8 Å². The summed E-state index contributed by atoms with van der Waals surface area (Å²) in [5, 5.41) is 4.12. The lowest BCUT2D eigenvalue weighted by atomic mass is 9.92. The van der Waals surface area contributed by atoms with Crippen LogP contribution in [0.5, 0.6) is 0 Å². The molecule has 1 aromatic carbocycles. The standard InChI is InChI=1S/C18H23ClF3N3O2/c1-4-27-17(26)16(25-9-11(2)7-12(3)10-25)24-23-15-8-13(18(20,21)22)5-6-14(15)19/h5-6,8,11-12,23H,4,7,9-10H2,1-3H3/b24-16-/t11-,12-/m1/s1. The quantitative estimate of drug-likeness (QED) is 0.345. The van der Waals surface area contributed by atoms with Gasteiger partial charge in [0.2, 0.25) is 5.84 Å². The summed E-state index contributed by atoms with van der Waals surface area (Å²) >= 11 is 5.97. The highest BCUT2D eigenvalue weighted by molar-refractivity contribution is 6.35. The van der Waals surface area contributed by atoms with Gasteiger partial charge in [-0.1, -0.05) is 25.4 Å². The van der Waals surface area contributed by atoms with Crippen molar-refractivity contribution in [2.24, 2.45) is 16.9 Å². The number of amidine groups is 1. The summed E-state index contributed by atoms with van der Waals surface area (Å²) in [5.74, 6) is 0.106. The fourth-order valence-electron chi connectivity index (χ4n) is 3.18. The second-order valence-corrected chi connectivity index (χ2v) is 7.22. The van der Waals surface area contributed by atoms with E-state index in [2.05, 4.69) is 24.4 Å². The highest BCUT2D eigenvalue weighted by Gasteiger charge is 2.31. The first-order valence-electron chi connectivity index (χ1n) is 8.74. The van der Waals surface area contributed by atoms with Crippen molar-refractivity contribution >= 4 is 29.1 Å². The van der Waals surface area contributed by atoms with Gasteiger partial charge in [0.1, 0.15) is 0 Å². The van der Waals surface area contributed by atoms with Crippen LogP contribution in [0.15, 0.2) is 23.3 Å². The van der Waals surface area contributed by atoms with Crippen LogP contribution in [-0.4, -0.2) is 36.4 Å². The van der Waals surface area contributed by atoms with Crippen molar-refractivity contribution in [1.82, 2.24) is 4.90 Å². The molecule has 0 amide bonds. The number of carbonyl (C=O) groups is 1. The minimum absolute atomic E-state index is 0.0312. The molecule has 2 atom stereocenters. The molecule has 27 heavy (non-hydrogen) atoms. The number of hydrazone groups is 1. The van der Waals surface area contributed by atoms with E-state index < -0.39 is 17.7 Å². The van der Waals surface area contributed by atoms with Gasteiger partial charge in [0.25, 0.3) is 0 Å². The lowest BCUT2D eigenvalue weighted by molar-refractivity contribution is -0.138. The second kappa shape index (κ2) is 8.82. The average molecular weight is 406 g/mol. The normalized spacial score (nSPS) is 21.1. The molecule has 0 spiro atoms. The van der Waals surface area contributed by atoms with Gasteiger partial charge in [-0.3, -0.25) is 5.43 Å². The average Bonchev–Trinajstić information content (AvgIpc) is 2.55. The molecule has 1 heterocycles. The fourth-order valence-corrected chi connectivity index (χ4v) is 3.34. The molecular formula is C18H23ClF3N3O2. The van der Waals surface area contributed by atoms with Crippen molar-refractivity contribution in [3.63, 3.8) is 0 Å². The Morgan fingerprint density at radius 1 is 1.33 bits per heavy atom. The zero-order valence-electron chi connectivity index (χ0n) is 15.4. The number of likely N-dealkylation sites (tertiary alicyclic amines) is 1. The maximum absolute atomic E-state index is 12.9. The molecule has 1 fully saturated rings. The predicted octanol–water partition coefficient (Wildman–Crippen LogP) is 4.63. The van der Waals surface area contributed by atoms with Crippen LogP contribution >= 0.6 is 11.6 Å². The van der Waals surface area contributed by atoms with E-state index in [9.17, 15) is 18.0 Å². The van der Waals surface area contributed by atoms with Crippen molar-refractivity contribution in [3.8, 4) is 0 Å². The largest absolute Gasteiger partial charge is 0.460 e. The molecule has 0 aliphatic carbocycles. The number of piperidine rings is 1. The van der Waals surface area contributed by atoms with E-state index in [1.807, 2.05) is 0 Å². The molecule has 150 valence electrons. The number of hydrogen-bond donors (Lipinski definition) is 1. The van der Waals surface area contributed by atoms with E-state index in [1.165, 1.54) is 0 Å². The van der Waals surface area contributed by atoms with Crippen molar-refractivity contribution in [1.29, 1.82) is 0 Å².